The number of halogens is 2. The van der Waals surface area contributed by atoms with Gasteiger partial charge in [0, 0.05) is 23.5 Å². The van der Waals surface area contributed by atoms with E-state index in [0.717, 1.165) is 4.47 Å². The van der Waals surface area contributed by atoms with E-state index in [9.17, 15) is 4.79 Å². The molecule has 1 aromatic carbocycles. The molecule has 2 aromatic heterocycles. The van der Waals surface area contributed by atoms with Gasteiger partial charge in [0.15, 0.2) is 0 Å². The minimum absolute atomic E-state index is 0.184. The lowest BCUT2D eigenvalue weighted by Gasteiger charge is -2.06. The predicted octanol–water partition coefficient (Wildman–Crippen LogP) is 4.12. The molecule has 1 amide bonds. The van der Waals surface area contributed by atoms with Gasteiger partial charge in [-0.3, -0.25) is 9.78 Å². The Balaban J connectivity index is 1.58. The highest BCUT2D eigenvalue weighted by Gasteiger charge is 2.12. The number of rotatable bonds is 5. The maximum atomic E-state index is 12.0. The van der Waals surface area contributed by atoms with Crippen molar-refractivity contribution in [3.05, 3.63) is 58.0 Å². The summed E-state index contributed by atoms with van der Waals surface area (Å²) in [5, 5.41) is 7.08. The largest absolute Gasteiger partial charge is 0.339 e. The van der Waals surface area contributed by atoms with Crippen LogP contribution in [-0.2, 0) is 11.2 Å². The van der Waals surface area contributed by atoms with E-state index >= 15 is 0 Å². The Labute approximate surface area is 151 Å². The van der Waals surface area contributed by atoms with E-state index in [-0.39, 0.29) is 12.3 Å². The van der Waals surface area contributed by atoms with Crippen LogP contribution in [0, 0.1) is 0 Å². The van der Waals surface area contributed by atoms with Gasteiger partial charge in [-0.2, -0.15) is 4.98 Å². The van der Waals surface area contributed by atoms with Crippen LogP contribution in [0.3, 0.4) is 0 Å². The number of amides is 1. The molecule has 8 heteroatoms. The molecule has 0 saturated carbocycles. The van der Waals surface area contributed by atoms with Crippen molar-refractivity contribution in [3.63, 3.8) is 0 Å². The molecule has 2 heterocycles. The maximum Gasteiger partial charge on any atom is 0.227 e. The second-order valence-corrected chi connectivity index (χ2v) is 6.22. The molecule has 6 nitrogen and oxygen atoms in total. The van der Waals surface area contributed by atoms with Gasteiger partial charge >= 0.3 is 0 Å². The normalized spacial score (nSPS) is 10.6. The average molecular weight is 408 g/mol. The Morgan fingerprint density at radius 1 is 1.29 bits per heavy atom. The lowest BCUT2D eigenvalue weighted by molar-refractivity contribution is -0.116. The van der Waals surface area contributed by atoms with Crippen LogP contribution >= 0.6 is 27.5 Å². The number of benzene rings is 1. The van der Waals surface area contributed by atoms with Gasteiger partial charge in [0.1, 0.15) is 5.69 Å². The van der Waals surface area contributed by atoms with Gasteiger partial charge in [0.2, 0.25) is 17.6 Å². The second-order valence-electron chi connectivity index (χ2n) is 4.90. The molecule has 0 bridgehead atoms. The highest BCUT2D eigenvalue weighted by molar-refractivity contribution is 9.10. The fourth-order valence-electron chi connectivity index (χ4n) is 1.98. The Bertz CT molecular complexity index is 854. The maximum absolute atomic E-state index is 12.0. The average Bonchev–Trinajstić information content (AvgIpc) is 3.05. The molecule has 24 heavy (non-hydrogen) atoms. The van der Waals surface area contributed by atoms with Crippen molar-refractivity contribution in [1.82, 2.24) is 15.1 Å². The fourth-order valence-corrected chi connectivity index (χ4v) is 2.70. The number of nitrogens with zero attached hydrogens (tertiary/aromatic N) is 3. The molecule has 0 aliphatic heterocycles. The SMILES string of the molecule is O=C(CCc1nc(-c2ccccn2)no1)Nc1ccc(Br)cc1Cl. The number of nitrogens with one attached hydrogen (secondary N) is 1. The minimum Gasteiger partial charge on any atom is -0.339 e. The van der Waals surface area contributed by atoms with Crippen molar-refractivity contribution in [2.75, 3.05) is 5.32 Å². The number of pyridine rings is 1. The Morgan fingerprint density at radius 2 is 2.17 bits per heavy atom. The van der Waals surface area contributed by atoms with Crippen LogP contribution in [0.5, 0.6) is 0 Å². The number of aromatic nitrogens is 3. The summed E-state index contributed by atoms with van der Waals surface area (Å²) in [7, 11) is 0. The number of hydrogen-bond acceptors (Lipinski definition) is 5. The molecule has 0 aliphatic carbocycles. The zero-order chi connectivity index (χ0) is 16.9. The molecular weight excluding hydrogens is 396 g/mol. The highest BCUT2D eigenvalue weighted by atomic mass is 79.9. The van der Waals surface area contributed by atoms with Crippen LogP contribution in [0.25, 0.3) is 11.5 Å². The molecule has 0 radical (unpaired) electrons. The van der Waals surface area contributed by atoms with Gasteiger partial charge in [-0.15, -0.1) is 0 Å². The van der Waals surface area contributed by atoms with Crippen molar-refractivity contribution in [2.45, 2.75) is 12.8 Å². The summed E-state index contributed by atoms with van der Waals surface area (Å²) < 4.78 is 5.99. The topological polar surface area (TPSA) is 80.9 Å². The molecule has 0 fully saturated rings. The van der Waals surface area contributed by atoms with Crippen LogP contribution in [0.1, 0.15) is 12.3 Å². The first-order valence-corrected chi connectivity index (χ1v) is 8.28. The molecular formula is C16H12BrClN4O2. The van der Waals surface area contributed by atoms with E-state index in [0.29, 0.717) is 34.5 Å². The van der Waals surface area contributed by atoms with Gasteiger partial charge in [-0.1, -0.05) is 38.8 Å². The lowest BCUT2D eigenvalue weighted by atomic mass is 10.2. The van der Waals surface area contributed by atoms with Crippen LogP contribution in [0.4, 0.5) is 5.69 Å². The van der Waals surface area contributed by atoms with Gasteiger partial charge in [-0.25, -0.2) is 0 Å². The summed E-state index contributed by atoms with van der Waals surface area (Å²) in [5.74, 6) is 0.603. The molecule has 0 saturated heterocycles. The van der Waals surface area contributed by atoms with E-state index in [1.807, 2.05) is 12.1 Å². The van der Waals surface area contributed by atoms with E-state index in [1.54, 1.807) is 30.5 Å². The van der Waals surface area contributed by atoms with Crippen LogP contribution in [0.15, 0.2) is 51.6 Å². The summed E-state index contributed by atoms with van der Waals surface area (Å²) >= 11 is 9.38. The van der Waals surface area contributed by atoms with Gasteiger partial charge in [0.05, 0.1) is 10.7 Å². The molecule has 0 atom stereocenters. The molecule has 0 spiro atoms. The Hall–Kier alpha value is -2.25. The highest BCUT2D eigenvalue weighted by Crippen LogP contribution is 2.25. The summed E-state index contributed by atoms with van der Waals surface area (Å²) in [4.78, 5) is 20.4. The fraction of sp³-hybridized carbons (Fsp3) is 0.125. The lowest BCUT2D eigenvalue weighted by Crippen LogP contribution is -2.12. The quantitative estimate of drug-likeness (QED) is 0.688. The smallest absolute Gasteiger partial charge is 0.227 e. The van der Waals surface area contributed by atoms with Crippen molar-refractivity contribution >= 4 is 39.1 Å². The molecule has 0 aliphatic rings. The van der Waals surface area contributed by atoms with Crippen molar-refractivity contribution < 1.29 is 9.32 Å². The number of carbonyl (C=O) groups is 1. The molecule has 3 aromatic rings. The molecule has 3 rings (SSSR count). The third kappa shape index (κ3) is 4.18. The van der Waals surface area contributed by atoms with E-state index in [2.05, 4.69) is 36.4 Å². The second kappa shape index (κ2) is 7.55. The van der Waals surface area contributed by atoms with Gasteiger partial charge < -0.3 is 9.84 Å². The minimum atomic E-state index is -0.184. The van der Waals surface area contributed by atoms with Crippen LogP contribution in [0.2, 0.25) is 5.02 Å². The number of hydrogen-bond donors (Lipinski definition) is 1. The Kier molecular flexibility index (Phi) is 5.22. The first kappa shape index (κ1) is 16.6. The first-order chi connectivity index (χ1) is 11.6. The van der Waals surface area contributed by atoms with Gasteiger partial charge in [-0.05, 0) is 30.3 Å². The van der Waals surface area contributed by atoms with E-state index in [1.165, 1.54) is 0 Å². The number of aryl methyl sites for hydroxylation is 1. The zero-order valence-electron chi connectivity index (χ0n) is 12.4. The molecule has 1 N–H and O–H groups in total. The van der Waals surface area contributed by atoms with Crippen molar-refractivity contribution in [2.24, 2.45) is 0 Å². The third-order valence-corrected chi connectivity index (χ3v) is 3.94. The molecule has 0 unspecified atom stereocenters. The Morgan fingerprint density at radius 3 is 2.92 bits per heavy atom. The predicted molar refractivity (Wildman–Crippen MR) is 93.6 cm³/mol. The number of carbonyl (C=O) groups excluding carboxylic acids is 1. The van der Waals surface area contributed by atoms with E-state index < -0.39 is 0 Å². The third-order valence-electron chi connectivity index (χ3n) is 3.13. The summed E-state index contributed by atoms with van der Waals surface area (Å²) in [6.07, 6.45) is 2.19. The first-order valence-electron chi connectivity index (χ1n) is 7.11. The summed E-state index contributed by atoms with van der Waals surface area (Å²) in [6.45, 7) is 0. The van der Waals surface area contributed by atoms with Gasteiger partial charge in [0.25, 0.3) is 0 Å². The van der Waals surface area contributed by atoms with Crippen molar-refractivity contribution in [3.8, 4) is 11.5 Å². The summed E-state index contributed by atoms with van der Waals surface area (Å²) in [6, 6.07) is 10.7. The standard InChI is InChI=1S/C16H12BrClN4O2/c17-10-4-5-12(11(18)9-10)20-14(23)6-7-15-21-16(22-24-15)13-3-1-2-8-19-13/h1-5,8-9H,6-7H2,(H,20,23). The monoisotopic (exact) mass is 406 g/mol. The van der Waals surface area contributed by atoms with E-state index in [4.69, 9.17) is 16.1 Å². The number of anilines is 1. The zero-order valence-corrected chi connectivity index (χ0v) is 14.7. The molecule has 122 valence electrons. The van der Waals surface area contributed by atoms with Crippen molar-refractivity contribution in [1.29, 1.82) is 0 Å². The van der Waals surface area contributed by atoms with Crippen LogP contribution in [-0.4, -0.2) is 21.0 Å². The van der Waals surface area contributed by atoms with Crippen LogP contribution < -0.4 is 5.32 Å². The summed E-state index contributed by atoms with van der Waals surface area (Å²) in [5.41, 5.74) is 1.18.